The number of carbonyl (C=O) groups is 2. The minimum atomic E-state index is -0.403. The van der Waals surface area contributed by atoms with E-state index in [9.17, 15) is 9.59 Å². The van der Waals surface area contributed by atoms with Crippen LogP contribution in [0.5, 0.6) is 0 Å². The van der Waals surface area contributed by atoms with E-state index in [1.165, 1.54) is 0 Å². The van der Waals surface area contributed by atoms with E-state index < -0.39 is 5.66 Å². The van der Waals surface area contributed by atoms with Crippen LogP contribution in [0.4, 0.5) is 5.69 Å². The van der Waals surface area contributed by atoms with Gasteiger partial charge in [-0.2, -0.15) is 0 Å². The molecule has 2 amide bonds. The van der Waals surface area contributed by atoms with E-state index in [2.05, 4.69) is 22.5 Å². The third kappa shape index (κ3) is 2.22. The third-order valence-corrected chi connectivity index (χ3v) is 7.39. The van der Waals surface area contributed by atoms with Crippen LogP contribution in [0.3, 0.4) is 0 Å². The van der Waals surface area contributed by atoms with Crippen LogP contribution in [0.1, 0.15) is 55.8 Å². The summed E-state index contributed by atoms with van der Waals surface area (Å²) in [6.45, 7) is 4.10. The third-order valence-electron chi connectivity index (χ3n) is 7.39. The van der Waals surface area contributed by atoms with Crippen molar-refractivity contribution < 1.29 is 9.59 Å². The average molecular weight is 353 g/mol. The number of nitrogens with zero attached hydrogens (tertiary/aromatic N) is 1. The first kappa shape index (κ1) is 16.2. The summed E-state index contributed by atoms with van der Waals surface area (Å²) in [6.07, 6.45) is 6.11. The number of benzene rings is 1. The van der Waals surface area contributed by atoms with E-state index in [0.29, 0.717) is 11.8 Å². The molecule has 2 heterocycles. The SMILES string of the molecule is C[C@@]12CC[C@H](C[C@@H]1C(=O)N1CCCC1)[C@]1(C2)NC(=O)c2ccccc2N1. The molecular formula is C21H27N3O2. The minimum absolute atomic E-state index is 0.0120. The van der Waals surface area contributed by atoms with Crippen LogP contribution >= 0.6 is 0 Å². The lowest BCUT2D eigenvalue weighted by molar-refractivity contribution is -0.149. The van der Waals surface area contributed by atoms with Gasteiger partial charge >= 0.3 is 0 Å². The normalized spacial score (nSPS) is 38.0. The maximum Gasteiger partial charge on any atom is 0.255 e. The van der Waals surface area contributed by atoms with E-state index in [1.54, 1.807) is 0 Å². The Balaban J connectivity index is 1.45. The molecule has 26 heavy (non-hydrogen) atoms. The number of amides is 2. The van der Waals surface area contributed by atoms with Crippen LogP contribution in [0.25, 0.3) is 0 Å². The zero-order chi connectivity index (χ0) is 17.9. The summed E-state index contributed by atoms with van der Waals surface area (Å²) >= 11 is 0. The molecule has 138 valence electrons. The van der Waals surface area contributed by atoms with E-state index >= 15 is 0 Å². The van der Waals surface area contributed by atoms with E-state index in [1.807, 2.05) is 24.3 Å². The molecule has 1 aromatic rings. The largest absolute Gasteiger partial charge is 0.362 e. The summed E-state index contributed by atoms with van der Waals surface area (Å²) in [7, 11) is 0. The van der Waals surface area contributed by atoms with Crippen molar-refractivity contribution in [1.82, 2.24) is 10.2 Å². The van der Waals surface area contributed by atoms with Gasteiger partial charge in [0.15, 0.2) is 0 Å². The molecule has 0 radical (unpaired) electrons. The van der Waals surface area contributed by atoms with Crippen LogP contribution < -0.4 is 10.6 Å². The first-order valence-electron chi connectivity index (χ1n) is 9.99. The number of rotatable bonds is 1. The highest BCUT2D eigenvalue weighted by molar-refractivity contribution is 6.02. The first-order chi connectivity index (χ1) is 12.5. The van der Waals surface area contributed by atoms with Crippen molar-refractivity contribution >= 4 is 17.5 Å². The molecule has 1 saturated heterocycles. The molecule has 3 aliphatic carbocycles. The molecule has 5 nitrogen and oxygen atoms in total. The molecule has 6 rings (SSSR count). The molecular weight excluding hydrogens is 326 g/mol. The number of hydrogen-bond acceptors (Lipinski definition) is 3. The maximum atomic E-state index is 13.1. The van der Waals surface area contributed by atoms with Gasteiger partial charge in [0.2, 0.25) is 5.91 Å². The van der Waals surface area contributed by atoms with Crippen molar-refractivity contribution in [2.45, 2.75) is 51.1 Å². The van der Waals surface area contributed by atoms with Gasteiger partial charge < -0.3 is 15.5 Å². The molecule has 2 aliphatic heterocycles. The second-order valence-electron chi connectivity index (χ2n) is 8.98. The van der Waals surface area contributed by atoms with Gasteiger partial charge in [0.1, 0.15) is 5.66 Å². The minimum Gasteiger partial charge on any atom is -0.362 e. The summed E-state index contributed by atoms with van der Waals surface area (Å²) < 4.78 is 0. The first-order valence-corrected chi connectivity index (χ1v) is 9.99. The fourth-order valence-corrected chi connectivity index (χ4v) is 5.99. The molecule has 2 N–H and O–H groups in total. The van der Waals surface area contributed by atoms with Crippen molar-refractivity contribution in [3.8, 4) is 0 Å². The lowest BCUT2D eigenvalue weighted by Crippen LogP contribution is -2.70. The van der Waals surface area contributed by atoms with Crippen LogP contribution in [0.15, 0.2) is 24.3 Å². The van der Waals surface area contributed by atoms with Gasteiger partial charge in [-0.05, 0) is 56.1 Å². The standard InChI is InChI=1S/C21H27N3O2/c1-20-9-8-14(12-16(20)19(26)24-10-4-5-11-24)21(13-20)22-17-7-3-2-6-15(17)18(25)23-21/h2-3,6-7,14,16,22H,4-5,8-13H2,1H3,(H,23,25)/t14-,16-,20+,21+/m1/s1. The number of nitrogens with one attached hydrogen (secondary N) is 2. The van der Waals surface area contributed by atoms with Crippen molar-refractivity contribution in [2.75, 3.05) is 18.4 Å². The Morgan fingerprint density at radius 1 is 1.19 bits per heavy atom. The molecule has 4 fully saturated rings. The summed E-state index contributed by atoms with van der Waals surface area (Å²) in [6, 6.07) is 7.73. The summed E-state index contributed by atoms with van der Waals surface area (Å²) in [5.74, 6) is 0.768. The molecule has 2 bridgehead atoms. The fraction of sp³-hybridized carbons (Fsp3) is 0.619. The second-order valence-corrected chi connectivity index (χ2v) is 8.98. The number of carbonyl (C=O) groups excluding carboxylic acids is 2. The second kappa shape index (κ2) is 5.48. The molecule has 0 aromatic heterocycles. The highest BCUT2D eigenvalue weighted by Crippen LogP contribution is 2.58. The van der Waals surface area contributed by atoms with E-state index in [-0.39, 0.29) is 17.2 Å². The van der Waals surface area contributed by atoms with Crippen LogP contribution in [-0.2, 0) is 4.79 Å². The summed E-state index contributed by atoms with van der Waals surface area (Å²) in [5, 5.41) is 6.97. The predicted octanol–water partition coefficient (Wildman–Crippen LogP) is 2.99. The topological polar surface area (TPSA) is 61.4 Å². The van der Waals surface area contributed by atoms with Crippen molar-refractivity contribution in [1.29, 1.82) is 0 Å². The number of fused-ring (bicyclic) bond motifs is 3. The number of para-hydroxylation sites is 1. The molecule has 0 unspecified atom stereocenters. The molecule has 1 spiro atoms. The van der Waals surface area contributed by atoms with Gasteiger partial charge in [0, 0.05) is 30.6 Å². The number of likely N-dealkylation sites (tertiary alicyclic amines) is 1. The van der Waals surface area contributed by atoms with Crippen molar-refractivity contribution in [3.63, 3.8) is 0 Å². The average Bonchev–Trinajstić information content (AvgIpc) is 3.15. The monoisotopic (exact) mass is 353 g/mol. The summed E-state index contributed by atoms with van der Waals surface area (Å²) in [5.41, 5.74) is 1.19. The Bertz CT molecular complexity index is 772. The Kier molecular flexibility index (Phi) is 3.40. The zero-order valence-electron chi connectivity index (χ0n) is 15.4. The van der Waals surface area contributed by atoms with E-state index in [4.69, 9.17) is 0 Å². The van der Waals surface area contributed by atoms with Gasteiger partial charge in [0.05, 0.1) is 5.56 Å². The summed E-state index contributed by atoms with van der Waals surface area (Å²) in [4.78, 5) is 28.0. The molecule has 5 heteroatoms. The molecule has 4 atom stereocenters. The highest BCUT2D eigenvalue weighted by atomic mass is 16.2. The van der Waals surface area contributed by atoms with Gasteiger partial charge in [-0.25, -0.2) is 0 Å². The lowest BCUT2D eigenvalue weighted by atomic mass is 9.51. The zero-order valence-corrected chi connectivity index (χ0v) is 15.4. The molecule has 1 aromatic carbocycles. The maximum absolute atomic E-state index is 13.1. The Morgan fingerprint density at radius 3 is 2.73 bits per heavy atom. The van der Waals surface area contributed by atoms with Crippen molar-refractivity contribution in [2.24, 2.45) is 17.3 Å². The molecule has 3 saturated carbocycles. The number of hydrogen-bond donors (Lipinski definition) is 2. The molecule has 5 aliphatic rings. The highest BCUT2D eigenvalue weighted by Gasteiger charge is 2.60. The van der Waals surface area contributed by atoms with Gasteiger partial charge in [-0.15, -0.1) is 0 Å². The van der Waals surface area contributed by atoms with Crippen molar-refractivity contribution in [3.05, 3.63) is 29.8 Å². The van der Waals surface area contributed by atoms with Crippen LogP contribution in [0, 0.1) is 17.3 Å². The van der Waals surface area contributed by atoms with Gasteiger partial charge in [-0.3, -0.25) is 9.59 Å². The lowest BCUT2D eigenvalue weighted by Gasteiger charge is -2.61. The predicted molar refractivity (Wildman–Crippen MR) is 99.6 cm³/mol. The quantitative estimate of drug-likeness (QED) is 0.816. The fourth-order valence-electron chi connectivity index (χ4n) is 5.99. The Morgan fingerprint density at radius 2 is 1.96 bits per heavy atom. The van der Waals surface area contributed by atoms with Gasteiger partial charge in [-0.1, -0.05) is 19.1 Å². The number of anilines is 1. The Hall–Kier alpha value is -2.04. The van der Waals surface area contributed by atoms with Crippen LogP contribution in [-0.4, -0.2) is 35.5 Å². The van der Waals surface area contributed by atoms with Gasteiger partial charge in [0.25, 0.3) is 5.91 Å². The smallest absolute Gasteiger partial charge is 0.255 e. The Labute approximate surface area is 154 Å². The van der Waals surface area contributed by atoms with Crippen LogP contribution in [0.2, 0.25) is 0 Å². The van der Waals surface area contributed by atoms with E-state index in [0.717, 1.165) is 62.9 Å².